The molecule has 1 saturated heterocycles. The van der Waals surface area contributed by atoms with E-state index in [4.69, 9.17) is 9.52 Å². The molecule has 26 heavy (non-hydrogen) atoms. The van der Waals surface area contributed by atoms with Gasteiger partial charge in [0, 0.05) is 13.1 Å². The number of amides is 1. The van der Waals surface area contributed by atoms with Gasteiger partial charge in [-0.1, -0.05) is 12.1 Å². The number of alkyl halides is 3. The van der Waals surface area contributed by atoms with Crippen LogP contribution < -0.4 is 4.74 Å². The maximum absolute atomic E-state index is 12.5. The third-order valence-electron chi connectivity index (χ3n) is 4.02. The number of rotatable bonds is 4. The molecule has 1 unspecified atom stereocenters. The highest BCUT2D eigenvalue weighted by Crippen LogP contribution is 2.35. The lowest BCUT2D eigenvalue weighted by atomic mass is 10.1. The lowest BCUT2D eigenvalue weighted by Crippen LogP contribution is -2.29. The van der Waals surface area contributed by atoms with Gasteiger partial charge in [-0.2, -0.15) is 0 Å². The van der Waals surface area contributed by atoms with Crippen molar-refractivity contribution in [2.24, 2.45) is 5.92 Å². The predicted octanol–water partition coefficient (Wildman–Crippen LogP) is 3.39. The van der Waals surface area contributed by atoms with E-state index in [2.05, 4.69) is 4.74 Å². The standard InChI is InChI=1S/C17H14F3NO5/c18-17(19,20)26-13-4-2-1-3-11(13)12-5-6-14(25-12)15(22)21-8-7-10(9-21)16(23)24/h1-6,10H,7-9H2,(H,23,24). The highest BCUT2D eigenvalue weighted by molar-refractivity contribution is 5.93. The van der Waals surface area contributed by atoms with Crippen molar-refractivity contribution in [2.45, 2.75) is 12.8 Å². The molecule has 1 aliphatic heterocycles. The van der Waals surface area contributed by atoms with Crippen molar-refractivity contribution in [3.05, 3.63) is 42.2 Å². The highest BCUT2D eigenvalue weighted by atomic mass is 19.4. The van der Waals surface area contributed by atoms with Gasteiger partial charge in [-0.15, -0.1) is 13.2 Å². The summed E-state index contributed by atoms with van der Waals surface area (Å²) < 4.78 is 46.9. The van der Waals surface area contributed by atoms with Crippen LogP contribution in [0, 0.1) is 5.92 Å². The second-order valence-corrected chi connectivity index (χ2v) is 5.78. The minimum atomic E-state index is -4.86. The fourth-order valence-electron chi connectivity index (χ4n) is 2.78. The van der Waals surface area contributed by atoms with E-state index >= 15 is 0 Å². The molecule has 0 aliphatic carbocycles. The van der Waals surface area contributed by atoms with Gasteiger partial charge in [-0.3, -0.25) is 9.59 Å². The van der Waals surface area contributed by atoms with Crippen molar-refractivity contribution in [2.75, 3.05) is 13.1 Å². The molecule has 1 N–H and O–H groups in total. The molecule has 2 heterocycles. The number of carboxylic acid groups (broad SMARTS) is 1. The Bertz CT molecular complexity index is 830. The average molecular weight is 369 g/mol. The molecule has 138 valence electrons. The third-order valence-corrected chi connectivity index (χ3v) is 4.02. The van der Waals surface area contributed by atoms with Crippen LogP contribution in [0.4, 0.5) is 13.2 Å². The second kappa shape index (κ2) is 6.74. The average Bonchev–Trinajstić information content (AvgIpc) is 3.23. The summed E-state index contributed by atoms with van der Waals surface area (Å²) in [6.07, 6.45) is -4.51. The monoisotopic (exact) mass is 369 g/mol. The number of halogens is 3. The van der Waals surface area contributed by atoms with E-state index in [-0.39, 0.29) is 30.2 Å². The molecule has 0 bridgehead atoms. The fraction of sp³-hybridized carbons (Fsp3) is 0.294. The summed E-state index contributed by atoms with van der Waals surface area (Å²) in [7, 11) is 0. The van der Waals surface area contributed by atoms with Crippen molar-refractivity contribution in [1.29, 1.82) is 0 Å². The number of carbonyl (C=O) groups is 2. The first-order valence-electron chi connectivity index (χ1n) is 7.71. The molecule has 3 rings (SSSR count). The van der Waals surface area contributed by atoms with Crippen molar-refractivity contribution in [1.82, 2.24) is 4.90 Å². The number of hydrogen-bond acceptors (Lipinski definition) is 4. The topological polar surface area (TPSA) is 80.0 Å². The van der Waals surface area contributed by atoms with Crippen LogP contribution in [0.25, 0.3) is 11.3 Å². The van der Waals surface area contributed by atoms with Gasteiger partial charge in [0.05, 0.1) is 11.5 Å². The van der Waals surface area contributed by atoms with Crippen LogP contribution >= 0.6 is 0 Å². The molecule has 1 aliphatic rings. The second-order valence-electron chi connectivity index (χ2n) is 5.78. The normalized spacial score (nSPS) is 17.3. The molecule has 0 radical (unpaired) electrons. The van der Waals surface area contributed by atoms with Crippen LogP contribution in [0.1, 0.15) is 17.0 Å². The molecule has 1 aromatic heterocycles. The first kappa shape index (κ1) is 17.8. The smallest absolute Gasteiger partial charge is 0.481 e. The van der Waals surface area contributed by atoms with Gasteiger partial charge in [0.25, 0.3) is 5.91 Å². The van der Waals surface area contributed by atoms with E-state index < -0.39 is 29.9 Å². The van der Waals surface area contributed by atoms with E-state index in [1.807, 2.05) is 0 Å². The zero-order valence-corrected chi connectivity index (χ0v) is 13.3. The number of furan rings is 1. The van der Waals surface area contributed by atoms with Crippen LogP contribution in [-0.2, 0) is 4.79 Å². The van der Waals surface area contributed by atoms with E-state index in [1.54, 1.807) is 0 Å². The molecule has 0 spiro atoms. The van der Waals surface area contributed by atoms with Crippen molar-refractivity contribution in [3.8, 4) is 17.1 Å². The van der Waals surface area contributed by atoms with E-state index in [1.165, 1.54) is 35.2 Å². The summed E-state index contributed by atoms with van der Waals surface area (Å²) in [5.41, 5.74) is 0.0497. The quantitative estimate of drug-likeness (QED) is 0.894. The zero-order chi connectivity index (χ0) is 18.9. The minimum absolute atomic E-state index is 0.0437. The summed E-state index contributed by atoms with van der Waals surface area (Å²) in [6.45, 7) is 0.345. The molecule has 6 nitrogen and oxygen atoms in total. The number of hydrogen-bond donors (Lipinski definition) is 1. The first-order valence-corrected chi connectivity index (χ1v) is 7.71. The highest BCUT2D eigenvalue weighted by Gasteiger charge is 2.34. The Morgan fingerprint density at radius 2 is 1.92 bits per heavy atom. The number of ether oxygens (including phenoxy) is 1. The van der Waals surface area contributed by atoms with Gasteiger partial charge in [0.1, 0.15) is 11.5 Å². The maximum Gasteiger partial charge on any atom is 0.573 e. The Labute approximate surface area is 145 Å². The first-order chi connectivity index (χ1) is 12.2. The lowest BCUT2D eigenvalue weighted by molar-refractivity contribution is -0.274. The van der Waals surface area contributed by atoms with Gasteiger partial charge >= 0.3 is 12.3 Å². The molecule has 9 heteroatoms. The number of nitrogens with zero attached hydrogens (tertiary/aromatic N) is 1. The molecule has 0 saturated carbocycles. The Kier molecular flexibility index (Phi) is 4.62. The van der Waals surface area contributed by atoms with Crippen LogP contribution in [0.3, 0.4) is 0 Å². The van der Waals surface area contributed by atoms with Crippen LogP contribution in [0.15, 0.2) is 40.8 Å². The van der Waals surface area contributed by atoms with Gasteiger partial charge in [-0.05, 0) is 30.7 Å². The van der Waals surface area contributed by atoms with Gasteiger partial charge in [0.2, 0.25) is 0 Å². The van der Waals surface area contributed by atoms with Crippen LogP contribution in [-0.4, -0.2) is 41.3 Å². The molecular weight excluding hydrogens is 355 g/mol. The summed E-state index contributed by atoms with van der Waals surface area (Å²) in [4.78, 5) is 24.7. The van der Waals surface area contributed by atoms with Crippen molar-refractivity contribution < 1.29 is 37.0 Å². The van der Waals surface area contributed by atoms with E-state index in [9.17, 15) is 22.8 Å². The maximum atomic E-state index is 12.5. The third kappa shape index (κ3) is 3.81. The molecular formula is C17H14F3NO5. The number of aliphatic carboxylic acids is 1. The number of likely N-dealkylation sites (tertiary alicyclic amines) is 1. The predicted molar refractivity (Wildman–Crippen MR) is 82.5 cm³/mol. The summed E-state index contributed by atoms with van der Waals surface area (Å²) in [5.74, 6) is -2.59. The van der Waals surface area contributed by atoms with Crippen molar-refractivity contribution >= 4 is 11.9 Å². The summed E-state index contributed by atoms with van der Waals surface area (Å²) >= 11 is 0. The summed E-state index contributed by atoms with van der Waals surface area (Å²) in [5, 5.41) is 8.99. The minimum Gasteiger partial charge on any atom is -0.481 e. The number of benzene rings is 1. The molecule has 2 aromatic rings. The molecule has 1 atom stereocenters. The van der Waals surface area contributed by atoms with Crippen LogP contribution in [0.2, 0.25) is 0 Å². The zero-order valence-electron chi connectivity index (χ0n) is 13.3. The Balaban J connectivity index is 1.81. The largest absolute Gasteiger partial charge is 0.573 e. The van der Waals surface area contributed by atoms with Gasteiger partial charge < -0.3 is 19.2 Å². The van der Waals surface area contributed by atoms with E-state index in [0.29, 0.717) is 6.42 Å². The van der Waals surface area contributed by atoms with Crippen molar-refractivity contribution in [3.63, 3.8) is 0 Å². The fourth-order valence-corrected chi connectivity index (χ4v) is 2.78. The van der Waals surface area contributed by atoms with E-state index in [0.717, 1.165) is 6.07 Å². The van der Waals surface area contributed by atoms with Gasteiger partial charge in [0.15, 0.2) is 5.76 Å². The number of carbonyl (C=O) groups excluding carboxylic acids is 1. The molecule has 1 amide bonds. The van der Waals surface area contributed by atoms with Gasteiger partial charge in [-0.25, -0.2) is 0 Å². The number of carboxylic acids is 1. The summed E-state index contributed by atoms with van der Waals surface area (Å²) in [6, 6.07) is 8.14. The Morgan fingerprint density at radius 1 is 1.19 bits per heavy atom. The number of para-hydroxylation sites is 1. The Hall–Kier alpha value is -2.97. The Morgan fingerprint density at radius 3 is 2.58 bits per heavy atom. The molecule has 1 aromatic carbocycles. The molecule has 1 fully saturated rings. The van der Waals surface area contributed by atoms with Crippen LogP contribution in [0.5, 0.6) is 5.75 Å². The SMILES string of the molecule is O=C(O)C1CCN(C(=O)c2ccc(-c3ccccc3OC(F)(F)F)o2)C1. The lowest BCUT2D eigenvalue weighted by Gasteiger charge is -2.14.